The number of aromatic nitrogens is 2. The Labute approximate surface area is 109 Å². The van der Waals surface area contributed by atoms with E-state index in [-0.39, 0.29) is 0 Å². The van der Waals surface area contributed by atoms with E-state index in [1.807, 2.05) is 24.4 Å². The van der Waals surface area contributed by atoms with Crippen molar-refractivity contribution in [2.45, 2.75) is 13.8 Å². The van der Waals surface area contributed by atoms with Gasteiger partial charge in [-0.25, -0.2) is 9.97 Å². The van der Waals surface area contributed by atoms with E-state index in [0.717, 1.165) is 33.9 Å². The molecule has 0 saturated heterocycles. The molecule has 3 aromatic heterocycles. The quantitative estimate of drug-likeness (QED) is 0.779. The predicted molar refractivity (Wildman–Crippen MR) is 74.0 cm³/mol. The lowest BCUT2D eigenvalue weighted by atomic mass is 10.2. The van der Waals surface area contributed by atoms with E-state index < -0.39 is 0 Å². The summed E-state index contributed by atoms with van der Waals surface area (Å²) in [6.45, 7) is 4.88. The van der Waals surface area contributed by atoms with Gasteiger partial charge >= 0.3 is 0 Å². The van der Waals surface area contributed by atoms with Gasteiger partial charge in [-0.05, 0) is 36.9 Å². The molecule has 5 heteroatoms. The van der Waals surface area contributed by atoms with Crippen molar-refractivity contribution in [2.75, 3.05) is 11.9 Å². The number of aryl methyl sites for hydroxylation is 1. The molecule has 1 N–H and O–H groups in total. The average Bonchev–Trinajstić information content (AvgIpc) is 2.97. The molecule has 0 saturated carbocycles. The number of furan rings is 1. The van der Waals surface area contributed by atoms with Gasteiger partial charge in [0.1, 0.15) is 10.6 Å². The molecular weight excluding hydrogens is 246 g/mol. The number of hydrogen-bond donors (Lipinski definition) is 1. The van der Waals surface area contributed by atoms with E-state index in [1.165, 1.54) is 0 Å². The molecule has 18 heavy (non-hydrogen) atoms. The molecule has 0 radical (unpaired) electrons. The smallest absolute Gasteiger partial charge is 0.199 e. The van der Waals surface area contributed by atoms with Gasteiger partial charge in [0.15, 0.2) is 11.6 Å². The van der Waals surface area contributed by atoms with E-state index in [0.29, 0.717) is 5.82 Å². The second kappa shape index (κ2) is 4.42. The van der Waals surface area contributed by atoms with Crippen LogP contribution in [0.15, 0.2) is 28.2 Å². The molecule has 0 aliphatic carbocycles. The Bertz CT molecular complexity index is 686. The minimum Gasteiger partial charge on any atom is -0.461 e. The van der Waals surface area contributed by atoms with Crippen LogP contribution in [-0.2, 0) is 0 Å². The topological polar surface area (TPSA) is 51.0 Å². The summed E-state index contributed by atoms with van der Waals surface area (Å²) < 4.78 is 5.46. The fourth-order valence-corrected chi connectivity index (χ4v) is 2.62. The number of rotatable bonds is 3. The first-order chi connectivity index (χ1) is 8.79. The van der Waals surface area contributed by atoms with Crippen LogP contribution in [0.1, 0.15) is 12.5 Å². The van der Waals surface area contributed by atoms with Gasteiger partial charge in [0.2, 0.25) is 0 Å². The number of anilines is 1. The fraction of sp³-hybridized carbons (Fsp3) is 0.231. The molecule has 0 aliphatic heterocycles. The summed E-state index contributed by atoms with van der Waals surface area (Å²) >= 11 is 1.61. The fourth-order valence-electron chi connectivity index (χ4n) is 1.86. The highest BCUT2D eigenvalue weighted by atomic mass is 32.1. The van der Waals surface area contributed by atoms with Crippen LogP contribution >= 0.6 is 11.3 Å². The summed E-state index contributed by atoms with van der Waals surface area (Å²) in [6, 6.07) is 3.96. The van der Waals surface area contributed by atoms with Gasteiger partial charge in [-0.3, -0.25) is 0 Å². The van der Waals surface area contributed by atoms with Gasteiger partial charge in [-0.1, -0.05) is 0 Å². The molecule has 3 rings (SSSR count). The summed E-state index contributed by atoms with van der Waals surface area (Å²) in [5.74, 6) is 2.25. The first-order valence-corrected chi connectivity index (χ1v) is 6.71. The predicted octanol–water partition coefficient (Wildman–Crippen LogP) is 3.69. The van der Waals surface area contributed by atoms with Gasteiger partial charge in [-0.15, -0.1) is 11.3 Å². The third kappa shape index (κ3) is 1.76. The highest BCUT2D eigenvalue weighted by Gasteiger charge is 2.13. The number of nitrogens with one attached hydrogen (secondary N) is 1. The van der Waals surface area contributed by atoms with Crippen LogP contribution in [-0.4, -0.2) is 16.5 Å². The zero-order valence-electron chi connectivity index (χ0n) is 10.2. The van der Waals surface area contributed by atoms with Crippen LogP contribution in [0, 0.1) is 6.92 Å². The number of fused-ring (bicyclic) bond motifs is 1. The maximum atomic E-state index is 5.46. The molecule has 0 spiro atoms. The summed E-state index contributed by atoms with van der Waals surface area (Å²) in [6.07, 6.45) is 1.67. The van der Waals surface area contributed by atoms with Crippen molar-refractivity contribution in [2.24, 2.45) is 0 Å². The normalized spacial score (nSPS) is 11.0. The lowest BCUT2D eigenvalue weighted by Gasteiger charge is -2.06. The van der Waals surface area contributed by atoms with Crippen molar-refractivity contribution in [1.82, 2.24) is 9.97 Å². The Morgan fingerprint density at radius 2 is 2.22 bits per heavy atom. The van der Waals surface area contributed by atoms with Crippen LogP contribution in [0.4, 0.5) is 5.82 Å². The second-order valence-corrected chi connectivity index (χ2v) is 4.89. The Morgan fingerprint density at radius 1 is 1.33 bits per heavy atom. The molecule has 0 fully saturated rings. The standard InChI is InChI=1S/C13H13N3OS/c1-3-14-11-9-5-7-18-13(9)16-12(15-11)10-8(2)4-6-17-10/h4-7H,3H2,1-2H3,(H,14,15,16). The zero-order valence-corrected chi connectivity index (χ0v) is 11.0. The molecule has 0 bridgehead atoms. The van der Waals surface area contributed by atoms with E-state index >= 15 is 0 Å². The summed E-state index contributed by atoms with van der Waals surface area (Å²) in [5.41, 5.74) is 1.05. The lowest BCUT2D eigenvalue weighted by Crippen LogP contribution is -2.01. The Kier molecular flexibility index (Phi) is 2.76. The molecule has 92 valence electrons. The van der Waals surface area contributed by atoms with Gasteiger partial charge < -0.3 is 9.73 Å². The zero-order chi connectivity index (χ0) is 12.5. The molecular formula is C13H13N3OS. The molecule has 0 unspecified atom stereocenters. The van der Waals surface area contributed by atoms with Gasteiger partial charge in [0.25, 0.3) is 0 Å². The van der Waals surface area contributed by atoms with Crippen LogP contribution < -0.4 is 5.32 Å². The Morgan fingerprint density at radius 3 is 2.94 bits per heavy atom. The third-order valence-electron chi connectivity index (χ3n) is 2.73. The second-order valence-electron chi connectivity index (χ2n) is 4.00. The van der Waals surface area contributed by atoms with Crippen molar-refractivity contribution in [3.63, 3.8) is 0 Å². The summed E-state index contributed by atoms with van der Waals surface area (Å²) in [5, 5.41) is 6.36. The molecule has 3 aromatic rings. The number of hydrogen-bond acceptors (Lipinski definition) is 5. The van der Waals surface area contributed by atoms with E-state index in [4.69, 9.17) is 4.42 Å². The van der Waals surface area contributed by atoms with Crippen molar-refractivity contribution in [1.29, 1.82) is 0 Å². The van der Waals surface area contributed by atoms with E-state index in [9.17, 15) is 0 Å². The number of nitrogens with zero attached hydrogens (tertiary/aromatic N) is 2. The minimum absolute atomic E-state index is 0.642. The summed E-state index contributed by atoms with van der Waals surface area (Å²) in [7, 11) is 0. The average molecular weight is 259 g/mol. The van der Waals surface area contributed by atoms with Crippen molar-refractivity contribution < 1.29 is 4.42 Å². The Balaban J connectivity index is 2.21. The van der Waals surface area contributed by atoms with Crippen LogP contribution in [0.2, 0.25) is 0 Å². The van der Waals surface area contributed by atoms with Gasteiger partial charge in [-0.2, -0.15) is 0 Å². The third-order valence-corrected chi connectivity index (χ3v) is 3.54. The van der Waals surface area contributed by atoms with Crippen LogP contribution in [0.25, 0.3) is 21.8 Å². The van der Waals surface area contributed by atoms with Crippen molar-refractivity contribution in [3.05, 3.63) is 29.3 Å². The van der Waals surface area contributed by atoms with E-state index in [1.54, 1.807) is 17.6 Å². The maximum absolute atomic E-state index is 5.46. The molecule has 0 atom stereocenters. The summed E-state index contributed by atoms with van der Waals surface area (Å²) in [4.78, 5) is 10.1. The SMILES string of the molecule is CCNc1nc(-c2occc2C)nc2sccc12. The van der Waals surface area contributed by atoms with Crippen molar-refractivity contribution in [3.8, 4) is 11.6 Å². The van der Waals surface area contributed by atoms with Crippen LogP contribution in [0.3, 0.4) is 0 Å². The molecule has 0 aromatic carbocycles. The minimum atomic E-state index is 0.642. The van der Waals surface area contributed by atoms with E-state index in [2.05, 4.69) is 22.2 Å². The highest BCUT2D eigenvalue weighted by Crippen LogP contribution is 2.29. The lowest BCUT2D eigenvalue weighted by molar-refractivity contribution is 0.576. The molecule has 3 heterocycles. The van der Waals surface area contributed by atoms with Gasteiger partial charge in [0.05, 0.1) is 11.6 Å². The first kappa shape index (κ1) is 11.2. The number of thiophene rings is 1. The Hall–Kier alpha value is -1.88. The molecule has 4 nitrogen and oxygen atoms in total. The molecule has 0 amide bonds. The van der Waals surface area contributed by atoms with Crippen molar-refractivity contribution >= 4 is 27.4 Å². The first-order valence-electron chi connectivity index (χ1n) is 5.83. The molecule has 0 aliphatic rings. The monoisotopic (exact) mass is 259 g/mol. The highest BCUT2D eigenvalue weighted by molar-refractivity contribution is 7.16. The largest absolute Gasteiger partial charge is 0.461 e. The maximum Gasteiger partial charge on any atom is 0.199 e. The van der Waals surface area contributed by atoms with Gasteiger partial charge in [0, 0.05) is 6.54 Å². The van der Waals surface area contributed by atoms with Crippen LogP contribution in [0.5, 0.6) is 0 Å².